The van der Waals surface area contributed by atoms with Crippen molar-refractivity contribution in [1.29, 1.82) is 0 Å². The number of benzene rings is 2. The molecule has 0 spiro atoms. The van der Waals surface area contributed by atoms with Gasteiger partial charge < -0.3 is 20.5 Å². The fourth-order valence-corrected chi connectivity index (χ4v) is 2.99. The number of nitrogens with one attached hydrogen (secondary N) is 1. The van der Waals surface area contributed by atoms with Crippen LogP contribution in [0, 0.1) is 12.7 Å². The van der Waals surface area contributed by atoms with Gasteiger partial charge in [0.05, 0.1) is 5.56 Å². The number of nitrogen functional groups attached to an aromatic ring is 1. The number of hydrogen-bond donors (Lipinski definition) is 2. The van der Waals surface area contributed by atoms with Crippen LogP contribution < -0.4 is 20.5 Å². The Bertz CT molecular complexity index is 1140. The van der Waals surface area contributed by atoms with Gasteiger partial charge in [-0.25, -0.2) is 9.37 Å². The monoisotopic (exact) mass is 401 g/mol. The highest BCUT2D eigenvalue weighted by atomic mass is 19.3. The quantitative estimate of drug-likeness (QED) is 0.681. The highest BCUT2D eigenvalue weighted by Crippen LogP contribution is 2.45. The molecule has 29 heavy (non-hydrogen) atoms. The van der Waals surface area contributed by atoms with E-state index in [1.54, 1.807) is 13.0 Å². The number of aromatic nitrogens is 1. The SMILES string of the molecule is Cc1cc2c(cc1-c1ccc(NC(=O)c3ccccc3F)nc1N)OC(F)(F)O2. The van der Waals surface area contributed by atoms with Gasteiger partial charge in [-0.05, 0) is 54.4 Å². The second-order valence-electron chi connectivity index (χ2n) is 6.34. The molecule has 0 radical (unpaired) electrons. The van der Waals surface area contributed by atoms with E-state index in [0.717, 1.165) is 0 Å². The molecule has 0 atom stereocenters. The predicted molar refractivity (Wildman–Crippen MR) is 99.4 cm³/mol. The summed E-state index contributed by atoms with van der Waals surface area (Å²) in [6.45, 7) is 1.70. The molecule has 0 saturated heterocycles. The third-order valence-electron chi connectivity index (χ3n) is 4.32. The number of fused-ring (bicyclic) bond motifs is 1. The van der Waals surface area contributed by atoms with Crippen LogP contribution in [0.25, 0.3) is 11.1 Å². The van der Waals surface area contributed by atoms with E-state index < -0.39 is 18.0 Å². The van der Waals surface area contributed by atoms with Crippen LogP contribution >= 0.6 is 0 Å². The zero-order valence-electron chi connectivity index (χ0n) is 15.0. The Morgan fingerprint density at radius 1 is 1.07 bits per heavy atom. The van der Waals surface area contributed by atoms with E-state index in [4.69, 9.17) is 5.73 Å². The second-order valence-corrected chi connectivity index (χ2v) is 6.34. The van der Waals surface area contributed by atoms with Crippen LogP contribution in [0.1, 0.15) is 15.9 Å². The molecule has 148 valence electrons. The van der Waals surface area contributed by atoms with Crippen molar-refractivity contribution < 1.29 is 27.4 Å². The Hall–Kier alpha value is -3.75. The highest BCUT2D eigenvalue weighted by Gasteiger charge is 2.43. The standard InChI is InChI=1S/C20H14F3N3O3/c1-10-8-15-16(29-20(22,23)28-15)9-13(10)11-6-7-17(25-18(11)24)26-19(27)12-4-2-3-5-14(12)21/h2-9H,1H3,(H3,24,25,26,27). The number of anilines is 2. The third-order valence-corrected chi connectivity index (χ3v) is 4.32. The number of hydrogen-bond acceptors (Lipinski definition) is 5. The summed E-state index contributed by atoms with van der Waals surface area (Å²) in [6, 6.07) is 11.4. The smallest absolute Gasteiger partial charge is 0.395 e. The molecule has 2 heterocycles. The van der Waals surface area contributed by atoms with Crippen molar-refractivity contribution >= 4 is 17.5 Å². The van der Waals surface area contributed by atoms with Crippen LogP contribution in [0.5, 0.6) is 11.5 Å². The molecule has 2 aromatic carbocycles. The van der Waals surface area contributed by atoms with Gasteiger partial charge >= 0.3 is 6.29 Å². The Balaban J connectivity index is 1.62. The molecular formula is C20H14F3N3O3. The van der Waals surface area contributed by atoms with Crippen LogP contribution in [0.4, 0.5) is 24.8 Å². The van der Waals surface area contributed by atoms with Crippen molar-refractivity contribution in [2.45, 2.75) is 13.2 Å². The summed E-state index contributed by atoms with van der Waals surface area (Å²) >= 11 is 0. The average molecular weight is 401 g/mol. The van der Waals surface area contributed by atoms with Crippen LogP contribution in [-0.2, 0) is 0 Å². The van der Waals surface area contributed by atoms with Crippen LogP contribution in [0.3, 0.4) is 0 Å². The molecule has 0 aliphatic carbocycles. The first-order valence-electron chi connectivity index (χ1n) is 8.47. The first kappa shape index (κ1) is 18.6. The summed E-state index contributed by atoms with van der Waals surface area (Å²) in [5.41, 5.74) is 7.45. The van der Waals surface area contributed by atoms with E-state index in [0.29, 0.717) is 16.7 Å². The van der Waals surface area contributed by atoms with Crippen LogP contribution in [0.15, 0.2) is 48.5 Å². The lowest BCUT2D eigenvalue weighted by Gasteiger charge is -2.12. The number of alkyl halides is 2. The van der Waals surface area contributed by atoms with Gasteiger partial charge in [-0.3, -0.25) is 4.79 Å². The van der Waals surface area contributed by atoms with E-state index in [1.165, 1.54) is 42.5 Å². The van der Waals surface area contributed by atoms with E-state index in [9.17, 15) is 18.0 Å². The summed E-state index contributed by atoms with van der Waals surface area (Å²) in [7, 11) is 0. The van der Waals surface area contributed by atoms with E-state index in [1.807, 2.05) is 0 Å². The fourth-order valence-electron chi connectivity index (χ4n) is 2.99. The number of ether oxygens (including phenoxy) is 2. The molecule has 0 saturated carbocycles. The number of rotatable bonds is 3. The summed E-state index contributed by atoms with van der Waals surface area (Å²) in [5, 5.41) is 2.47. The number of nitrogens with zero attached hydrogens (tertiary/aromatic N) is 1. The zero-order valence-corrected chi connectivity index (χ0v) is 15.0. The van der Waals surface area contributed by atoms with Crippen LogP contribution in [-0.4, -0.2) is 17.2 Å². The molecule has 0 bridgehead atoms. The molecule has 6 nitrogen and oxygen atoms in total. The Morgan fingerprint density at radius 2 is 1.76 bits per heavy atom. The number of pyridine rings is 1. The van der Waals surface area contributed by atoms with Gasteiger partial charge in [-0.1, -0.05) is 12.1 Å². The van der Waals surface area contributed by atoms with Gasteiger partial charge in [0.15, 0.2) is 11.5 Å². The Kier molecular flexibility index (Phi) is 4.30. The van der Waals surface area contributed by atoms with Crippen molar-refractivity contribution in [2.75, 3.05) is 11.1 Å². The molecule has 3 aromatic rings. The number of carbonyl (C=O) groups is 1. The Morgan fingerprint density at radius 3 is 2.45 bits per heavy atom. The number of aryl methyl sites for hydroxylation is 1. The van der Waals surface area contributed by atoms with E-state index >= 15 is 0 Å². The molecule has 1 amide bonds. The van der Waals surface area contributed by atoms with Gasteiger partial charge in [0.1, 0.15) is 17.5 Å². The lowest BCUT2D eigenvalue weighted by molar-refractivity contribution is -0.286. The minimum Gasteiger partial charge on any atom is -0.395 e. The molecule has 4 rings (SSSR count). The normalized spacial score (nSPS) is 13.9. The lowest BCUT2D eigenvalue weighted by atomic mass is 10.0. The predicted octanol–water partition coefficient (Wildman–Crippen LogP) is 4.35. The molecule has 0 fully saturated rings. The summed E-state index contributed by atoms with van der Waals surface area (Å²) in [6.07, 6.45) is -3.72. The first-order chi connectivity index (χ1) is 13.7. The Labute approximate surface area is 163 Å². The second kappa shape index (κ2) is 6.69. The van der Waals surface area contributed by atoms with Gasteiger partial charge in [0.2, 0.25) is 0 Å². The average Bonchev–Trinajstić information content (AvgIpc) is 2.94. The van der Waals surface area contributed by atoms with Gasteiger partial charge in [0, 0.05) is 5.56 Å². The van der Waals surface area contributed by atoms with Crippen molar-refractivity contribution in [1.82, 2.24) is 4.98 Å². The van der Waals surface area contributed by atoms with Crippen molar-refractivity contribution in [3.05, 3.63) is 65.5 Å². The number of carbonyl (C=O) groups excluding carboxylic acids is 1. The van der Waals surface area contributed by atoms with Gasteiger partial charge in [0.25, 0.3) is 5.91 Å². The topological polar surface area (TPSA) is 86.5 Å². The minimum atomic E-state index is -3.72. The molecule has 3 N–H and O–H groups in total. The van der Waals surface area contributed by atoms with Crippen LogP contribution in [0.2, 0.25) is 0 Å². The number of nitrogens with two attached hydrogens (primary N) is 1. The summed E-state index contributed by atoms with van der Waals surface area (Å²) < 4.78 is 49.2. The van der Waals surface area contributed by atoms with E-state index in [2.05, 4.69) is 19.8 Å². The molecule has 9 heteroatoms. The van der Waals surface area contributed by atoms with E-state index in [-0.39, 0.29) is 28.7 Å². The molecular weight excluding hydrogens is 387 g/mol. The van der Waals surface area contributed by atoms with Crippen molar-refractivity contribution in [3.63, 3.8) is 0 Å². The molecule has 1 aliphatic rings. The molecule has 1 aliphatic heterocycles. The maximum absolute atomic E-state index is 13.7. The van der Waals surface area contributed by atoms with Crippen molar-refractivity contribution in [3.8, 4) is 22.6 Å². The first-order valence-corrected chi connectivity index (χ1v) is 8.47. The highest BCUT2D eigenvalue weighted by molar-refractivity contribution is 6.04. The summed E-state index contributed by atoms with van der Waals surface area (Å²) in [4.78, 5) is 16.3. The maximum Gasteiger partial charge on any atom is 0.586 e. The maximum atomic E-state index is 13.7. The van der Waals surface area contributed by atoms with Crippen molar-refractivity contribution in [2.24, 2.45) is 0 Å². The van der Waals surface area contributed by atoms with Gasteiger partial charge in [-0.15, -0.1) is 8.78 Å². The largest absolute Gasteiger partial charge is 0.586 e. The number of amides is 1. The molecule has 0 unspecified atom stereocenters. The fraction of sp³-hybridized carbons (Fsp3) is 0.100. The summed E-state index contributed by atoms with van der Waals surface area (Å²) in [5.74, 6) is -1.37. The molecule has 1 aromatic heterocycles. The number of halogens is 3. The zero-order chi connectivity index (χ0) is 20.8. The van der Waals surface area contributed by atoms with Gasteiger partial charge in [-0.2, -0.15) is 0 Å². The minimum absolute atomic E-state index is 0.0464. The lowest BCUT2D eigenvalue weighted by Crippen LogP contribution is -2.25. The third kappa shape index (κ3) is 3.54.